The highest BCUT2D eigenvalue weighted by molar-refractivity contribution is 5.90. The Morgan fingerprint density at radius 3 is 2.38 bits per heavy atom. The lowest BCUT2D eigenvalue weighted by molar-refractivity contribution is -0.139. The van der Waals surface area contributed by atoms with Crippen LogP contribution in [0.15, 0.2) is 30.9 Å². The second-order valence-electron chi connectivity index (χ2n) is 8.93. The molecular weight excluding hydrogens is 406 g/mol. The summed E-state index contributed by atoms with van der Waals surface area (Å²) in [4.78, 5) is 39.7. The maximum atomic E-state index is 13.2. The highest BCUT2D eigenvalue weighted by Crippen LogP contribution is 2.24. The lowest BCUT2D eigenvalue weighted by Crippen LogP contribution is -2.48. The number of aryl methyl sites for hydroxylation is 2. The van der Waals surface area contributed by atoms with Gasteiger partial charge in [-0.15, -0.1) is 6.58 Å². The second kappa shape index (κ2) is 12.9. The first-order chi connectivity index (χ1) is 15.0. The molecule has 0 aliphatic rings. The van der Waals surface area contributed by atoms with E-state index in [0.717, 1.165) is 30.4 Å². The van der Waals surface area contributed by atoms with E-state index in [0.29, 0.717) is 12.1 Å². The molecule has 1 rings (SSSR count). The van der Waals surface area contributed by atoms with Crippen LogP contribution >= 0.6 is 0 Å². The van der Waals surface area contributed by atoms with E-state index >= 15 is 0 Å². The van der Waals surface area contributed by atoms with Crippen molar-refractivity contribution in [2.75, 3.05) is 19.6 Å². The van der Waals surface area contributed by atoms with Gasteiger partial charge in [0.25, 0.3) is 0 Å². The summed E-state index contributed by atoms with van der Waals surface area (Å²) in [6.45, 7) is 15.5. The average Bonchev–Trinajstić information content (AvgIpc) is 2.70. The van der Waals surface area contributed by atoms with Crippen LogP contribution in [0, 0.1) is 13.8 Å². The van der Waals surface area contributed by atoms with Crippen molar-refractivity contribution in [3.8, 4) is 0 Å². The molecule has 1 aromatic rings. The zero-order chi connectivity index (χ0) is 24.3. The fourth-order valence-corrected chi connectivity index (χ4v) is 3.14. The number of unbranched alkanes of at least 4 members (excludes halogenated alkanes) is 2. The van der Waals surface area contributed by atoms with E-state index in [2.05, 4.69) is 24.1 Å². The highest BCUT2D eigenvalue weighted by Gasteiger charge is 2.31. The molecule has 178 valence electrons. The molecule has 1 aromatic carbocycles. The fraction of sp³-hybridized carbons (Fsp3) is 0.560. The number of carbonyl (C=O) groups excluding carboxylic acids is 3. The Morgan fingerprint density at radius 2 is 1.81 bits per heavy atom. The number of rotatable bonds is 11. The van der Waals surface area contributed by atoms with Crippen molar-refractivity contribution < 1.29 is 19.1 Å². The Labute approximate surface area is 192 Å². The molecule has 0 radical (unpaired) electrons. The van der Waals surface area contributed by atoms with Gasteiger partial charge in [0.2, 0.25) is 11.8 Å². The van der Waals surface area contributed by atoms with E-state index < -0.39 is 23.6 Å². The molecule has 0 aliphatic heterocycles. The van der Waals surface area contributed by atoms with Gasteiger partial charge < -0.3 is 20.3 Å². The van der Waals surface area contributed by atoms with Gasteiger partial charge >= 0.3 is 6.09 Å². The molecule has 0 aliphatic carbocycles. The number of hydrogen-bond donors (Lipinski definition) is 2. The van der Waals surface area contributed by atoms with Crippen LogP contribution < -0.4 is 10.6 Å². The Hall–Kier alpha value is -2.83. The van der Waals surface area contributed by atoms with Crippen molar-refractivity contribution in [2.45, 2.75) is 72.4 Å². The first kappa shape index (κ1) is 27.2. The van der Waals surface area contributed by atoms with E-state index in [1.807, 2.05) is 32.0 Å². The van der Waals surface area contributed by atoms with Crippen LogP contribution in [0.3, 0.4) is 0 Å². The maximum Gasteiger partial charge on any atom is 0.408 e. The van der Waals surface area contributed by atoms with E-state index in [4.69, 9.17) is 4.74 Å². The van der Waals surface area contributed by atoms with E-state index in [-0.39, 0.29) is 19.0 Å². The van der Waals surface area contributed by atoms with Crippen LogP contribution in [0.25, 0.3) is 0 Å². The fourth-order valence-electron chi connectivity index (χ4n) is 3.14. The lowest BCUT2D eigenvalue weighted by Gasteiger charge is -2.31. The van der Waals surface area contributed by atoms with Crippen molar-refractivity contribution in [1.29, 1.82) is 0 Å². The van der Waals surface area contributed by atoms with E-state index in [9.17, 15) is 14.4 Å². The second-order valence-corrected chi connectivity index (χ2v) is 8.93. The van der Waals surface area contributed by atoms with E-state index in [1.165, 1.54) is 4.90 Å². The molecule has 0 saturated heterocycles. The summed E-state index contributed by atoms with van der Waals surface area (Å²) >= 11 is 0. The molecule has 1 atom stereocenters. The van der Waals surface area contributed by atoms with Crippen molar-refractivity contribution in [1.82, 2.24) is 15.5 Å². The smallest absolute Gasteiger partial charge is 0.408 e. The van der Waals surface area contributed by atoms with E-state index in [1.54, 1.807) is 26.8 Å². The molecule has 0 saturated carbocycles. The first-order valence-corrected chi connectivity index (χ1v) is 11.2. The average molecular weight is 446 g/mol. The molecule has 0 fully saturated rings. The van der Waals surface area contributed by atoms with Crippen molar-refractivity contribution >= 4 is 17.9 Å². The molecule has 7 nitrogen and oxygen atoms in total. The Kier molecular flexibility index (Phi) is 11.0. The lowest BCUT2D eigenvalue weighted by atomic mass is 9.99. The zero-order valence-corrected chi connectivity index (χ0v) is 20.4. The van der Waals surface area contributed by atoms with Crippen molar-refractivity contribution in [3.63, 3.8) is 0 Å². The Balaban J connectivity index is 3.12. The van der Waals surface area contributed by atoms with Gasteiger partial charge in [0.15, 0.2) is 0 Å². The third-order valence-electron chi connectivity index (χ3n) is 4.92. The molecule has 32 heavy (non-hydrogen) atoms. The minimum Gasteiger partial charge on any atom is -0.444 e. The van der Waals surface area contributed by atoms with Gasteiger partial charge in [0.05, 0.1) is 0 Å². The topological polar surface area (TPSA) is 87.7 Å². The van der Waals surface area contributed by atoms with Gasteiger partial charge in [-0.3, -0.25) is 9.59 Å². The SMILES string of the molecule is C=CCN(C(=O)CNC(=O)OC(C)(C)C)C(C(=O)NCCCCC)c1ccc(C)c(C)c1. The summed E-state index contributed by atoms with van der Waals surface area (Å²) in [6.07, 6.45) is 3.83. The quantitative estimate of drug-likeness (QED) is 0.395. The minimum absolute atomic E-state index is 0.162. The molecular formula is C25H39N3O4. The standard InChI is InChI=1S/C25H39N3O4/c1-8-10-11-14-26-23(30)22(20-13-12-18(3)19(4)16-20)28(15-9-2)21(29)17-27-24(31)32-25(5,6)7/h9,12-13,16,22H,2,8,10-11,14-15,17H2,1,3-7H3,(H,26,30)(H,27,31). The summed E-state index contributed by atoms with van der Waals surface area (Å²) in [6, 6.07) is 4.90. The predicted molar refractivity (Wildman–Crippen MR) is 127 cm³/mol. The van der Waals surface area contributed by atoms with Crippen LogP contribution in [0.5, 0.6) is 0 Å². The van der Waals surface area contributed by atoms with Crippen LogP contribution in [-0.4, -0.2) is 48.0 Å². The van der Waals surface area contributed by atoms with Gasteiger partial charge in [-0.1, -0.05) is 44.0 Å². The molecule has 7 heteroatoms. The van der Waals surface area contributed by atoms with Crippen LogP contribution in [0.4, 0.5) is 4.79 Å². The Bertz CT molecular complexity index is 799. The van der Waals surface area contributed by atoms with Crippen LogP contribution in [-0.2, 0) is 14.3 Å². The maximum absolute atomic E-state index is 13.2. The minimum atomic E-state index is -0.832. The van der Waals surface area contributed by atoms with Gasteiger partial charge in [-0.05, 0) is 57.7 Å². The number of nitrogens with one attached hydrogen (secondary N) is 2. The van der Waals surface area contributed by atoms with Crippen molar-refractivity contribution in [2.24, 2.45) is 0 Å². The summed E-state index contributed by atoms with van der Waals surface area (Å²) < 4.78 is 5.21. The number of carbonyl (C=O) groups is 3. The number of amides is 3. The first-order valence-electron chi connectivity index (χ1n) is 11.2. The largest absolute Gasteiger partial charge is 0.444 e. The molecule has 0 aromatic heterocycles. The van der Waals surface area contributed by atoms with Gasteiger partial charge in [0, 0.05) is 13.1 Å². The summed E-state index contributed by atoms with van der Waals surface area (Å²) in [7, 11) is 0. The molecule has 0 spiro atoms. The molecule has 1 unspecified atom stereocenters. The molecule has 0 bridgehead atoms. The summed E-state index contributed by atoms with van der Waals surface area (Å²) in [5.41, 5.74) is 2.18. The van der Waals surface area contributed by atoms with Crippen LogP contribution in [0.1, 0.15) is 69.7 Å². The van der Waals surface area contributed by atoms with Gasteiger partial charge in [-0.25, -0.2) is 4.79 Å². The summed E-state index contributed by atoms with van der Waals surface area (Å²) in [5, 5.41) is 5.45. The van der Waals surface area contributed by atoms with Gasteiger partial charge in [-0.2, -0.15) is 0 Å². The number of nitrogens with zero attached hydrogens (tertiary/aromatic N) is 1. The number of benzene rings is 1. The monoisotopic (exact) mass is 445 g/mol. The number of alkyl carbamates (subject to hydrolysis) is 1. The predicted octanol–water partition coefficient (Wildman–Crippen LogP) is 4.19. The van der Waals surface area contributed by atoms with Gasteiger partial charge in [0.1, 0.15) is 18.2 Å². The highest BCUT2D eigenvalue weighted by atomic mass is 16.6. The zero-order valence-electron chi connectivity index (χ0n) is 20.4. The van der Waals surface area contributed by atoms with Crippen LogP contribution in [0.2, 0.25) is 0 Å². The number of hydrogen-bond acceptors (Lipinski definition) is 4. The molecule has 3 amide bonds. The molecule has 2 N–H and O–H groups in total. The van der Waals surface area contributed by atoms with Crippen molar-refractivity contribution in [3.05, 3.63) is 47.5 Å². The summed E-state index contributed by atoms with van der Waals surface area (Å²) in [5.74, 6) is -0.653. The molecule has 0 heterocycles. The Morgan fingerprint density at radius 1 is 1.12 bits per heavy atom. The number of ether oxygens (including phenoxy) is 1. The third kappa shape index (κ3) is 9.12. The third-order valence-corrected chi connectivity index (χ3v) is 4.92. The normalized spacial score (nSPS) is 11.9.